The van der Waals surface area contributed by atoms with E-state index in [4.69, 9.17) is 27.9 Å². The molecule has 0 amide bonds. The lowest BCUT2D eigenvalue weighted by molar-refractivity contribution is 0.611. The van der Waals surface area contributed by atoms with Crippen molar-refractivity contribution in [2.45, 2.75) is 51.1 Å². The van der Waals surface area contributed by atoms with E-state index in [1.165, 1.54) is 32.1 Å². The zero-order valence-electron chi connectivity index (χ0n) is 8.49. The summed E-state index contributed by atoms with van der Waals surface area (Å²) in [5, 5.41) is 0. The van der Waals surface area contributed by atoms with Crippen LogP contribution in [-0.4, -0.2) is 13.2 Å². The number of nitrogens with two attached hydrogens (primary N) is 1. The number of hydrogen-bond acceptors (Lipinski definition) is 1. The van der Waals surface area contributed by atoms with E-state index in [9.17, 15) is 0 Å². The van der Waals surface area contributed by atoms with Gasteiger partial charge in [-0.2, -0.15) is 0 Å². The van der Waals surface area contributed by atoms with Crippen molar-refractivity contribution in [3.63, 3.8) is 0 Å². The van der Waals surface area contributed by atoms with Crippen LogP contribution in [0.3, 0.4) is 0 Å². The second-order valence-corrected chi connectivity index (χ2v) is 12.0. The Labute approximate surface area is 92.4 Å². The molecule has 0 bridgehead atoms. The molecule has 0 spiro atoms. The first-order valence-corrected chi connectivity index (χ1v) is 9.87. The van der Waals surface area contributed by atoms with E-state index >= 15 is 0 Å². The molecule has 4 heteroatoms. The Bertz CT molecular complexity index is 115. The molecule has 0 aromatic heterocycles. The fourth-order valence-electron chi connectivity index (χ4n) is 1.29. The highest BCUT2D eigenvalue weighted by atomic mass is 35.7. The van der Waals surface area contributed by atoms with E-state index in [0.29, 0.717) is 0 Å². The minimum absolute atomic E-state index is 0.828. The molecule has 0 saturated heterocycles. The average molecular weight is 242 g/mol. The van der Waals surface area contributed by atoms with Crippen LogP contribution in [-0.2, 0) is 0 Å². The second-order valence-electron chi connectivity index (χ2n) is 3.73. The third-order valence-electron chi connectivity index (χ3n) is 2.07. The maximum Gasteiger partial charge on any atom is 0.248 e. The van der Waals surface area contributed by atoms with Gasteiger partial charge in [0.15, 0.2) is 0 Å². The van der Waals surface area contributed by atoms with Crippen LogP contribution < -0.4 is 5.73 Å². The van der Waals surface area contributed by atoms with Gasteiger partial charge in [-0.25, -0.2) is 0 Å². The van der Waals surface area contributed by atoms with Crippen LogP contribution in [0.4, 0.5) is 0 Å². The average Bonchev–Trinajstić information content (AvgIpc) is 2.01. The Morgan fingerprint density at radius 1 is 0.923 bits per heavy atom. The van der Waals surface area contributed by atoms with Crippen LogP contribution >= 0.6 is 22.2 Å². The van der Waals surface area contributed by atoms with Gasteiger partial charge < -0.3 is 5.73 Å². The number of unbranched alkanes of at least 4 members (excludes halogenated alkanes) is 5. The molecule has 0 aliphatic heterocycles. The summed E-state index contributed by atoms with van der Waals surface area (Å²) in [6.07, 6.45) is 7.51. The van der Waals surface area contributed by atoms with Gasteiger partial charge in [-0.1, -0.05) is 32.1 Å². The second kappa shape index (κ2) is 8.10. The Hall–Kier alpha value is 0.757. The lowest BCUT2D eigenvalue weighted by Crippen LogP contribution is -2.11. The molecule has 80 valence electrons. The van der Waals surface area contributed by atoms with Gasteiger partial charge in [-0.05, 0) is 25.6 Å². The SMILES string of the molecule is C[Si](Cl)(Cl)CCCCCCCCN. The molecule has 1 nitrogen and oxygen atoms in total. The predicted octanol–water partition coefficient (Wildman–Crippen LogP) is 3.84. The molecule has 0 aromatic carbocycles. The molecular formula is C9H21Cl2NSi. The van der Waals surface area contributed by atoms with Gasteiger partial charge in [0, 0.05) is 0 Å². The molecule has 2 N–H and O–H groups in total. The van der Waals surface area contributed by atoms with E-state index in [-0.39, 0.29) is 0 Å². The topological polar surface area (TPSA) is 26.0 Å². The molecule has 0 saturated carbocycles. The molecule has 0 heterocycles. The van der Waals surface area contributed by atoms with Crippen molar-refractivity contribution in [1.29, 1.82) is 0 Å². The van der Waals surface area contributed by atoms with Crippen LogP contribution in [0, 0.1) is 0 Å². The van der Waals surface area contributed by atoms with Crippen molar-refractivity contribution in [2.75, 3.05) is 6.54 Å². The Morgan fingerprint density at radius 2 is 1.38 bits per heavy atom. The minimum atomic E-state index is -1.81. The molecule has 0 fully saturated rings. The van der Waals surface area contributed by atoms with E-state index in [1.807, 2.05) is 6.55 Å². The molecule has 0 unspecified atom stereocenters. The van der Waals surface area contributed by atoms with Crippen molar-refractivity contribution in [3.8, 4) is 0 Å². The summed E-state index contributed by atoms with van der Waals surface area (Å²) in [4.78, 5) is 0. The molecule has 0 radical (unpaired) electrons. The van der Waals surface area contributed by atoms with Gasteiger partial charge in [0.1, 0.15) is 0 Å². The summed E-state index contributed by atoms with van der Waals surface area (Å²) in [5.74, 6) is 0. The molecule has 0 aliphatic rings. The lowest BCUT2D eigenvalue weighted by atomic mass is 10.1. The standard InChI is InChI=1S/C9H21Cl2NSi/c1-13(10,11)9-7-5-3-2-4-6-8-12/h2-9,12H2,1H3. The Balaban J connectivity index is 3.00. The van der Waals surface area contributed by atoms with Gasteiger partial charge in [-0.3, -0.25) is 0 Å². The van der Waals surface area contributed by atoms with Gasteiger partial charge in [0.2, 0.25) is 6.69 Å². The largest absolute Gasteiger partial charge is 0.330 e. The van der Waals surface area contributed by atoms with Crippen molar-refractivity contribution in [1.82, 2.24) is 0 Å². The highest BCUT2D eigenvalue weighted by Crippen LogP contribution is 2.23. The molecule has 13 heavy (non-hydrogen) atoms. The first-order valence-electron chi connectivity index (χ1n) is 5.14. The number of halogens is 2. The van der Waals surface area contributed by atoms with Gasteiger partial charge >= 0.3 is 0 Å². The zero-order chi connectivity index (χ0) is 10.2. The highest BCUT2D eigenvalue weighted by molar-refractivity contribution is 7.44. The summed E-state index contributed by atoms with van der Waals surface area (Å²) in [6.45, 7) is 1.01. The number of rotatable bonds is 8. The summed E-state index contributed by atoms with van der Waals surface area (Å²) in [7, 11) is 0. The Morgan fingerprint density at radius 3 is 1.85 bits per heavy atom. The third-order valence-corrected chi connectivity index (χ3v) is 4.44. The third kappa shape index (κ3) is 12.8. The van der Waals surface area contributed by atoms with Crippen molar-refractivity contribution in [3.05, 3.63) is 0 Å². The maximum atomic E-state index is 5.98. The summed E-state index contributed by atoms with van der Waals surface area (Å²) >= 11 is 12.0. The van der Waals surface area contributed by atoms with E-state index in [0.717, 1.165) is 19.0 Å². The van der Waals surface area contributed by atoms with Crippen molar-refractivity contribution in [2.24, 2.45) is 5.73 Å². The Kier molecular flexibility index (Phi) is 8.57. The monoisotopic (exact) mass is 241 g/mol. The van der Waals surface area contributed by atoms with Gasteiger partial charge in [0.05, 0.1) is 0 Å². The molecule has 0 atom stereocenters. The van der Waals surface area contributed by atoms with Crippen molar-refractivity contribution >= 4 is 28.9 Å². The summed E-state index contributed by atoms with van der Waals surface area (Å²) < 4.78 is 0. The first kappa shape index (κ1) is 13.8. The van der Waals surface area contributed by atoms with Gasteiger partial charge in [0.25, 0.3) is 0 Å². The minimum Gasteiger partial charge on any atom is -0.330 e. The number of hydrogen-bond donors (Lipinski definition) is 1. The summed E-state index contributed by atoms with van der Waals surface area (Å²) in [5.41, 5.74) is 5.40. The first-order chi connectivity index (χ1) is 6.06. The fraction of sp³-hybridized carbons (Fsp3) is 1.00. The predicted molar refractivity (Wildman–Crippen MR) is 64.9 cm³/mol. The lowest BCUT2D eigenvalue weighted by Gasteiger charge is -2.08. The normalized spacial score (nSPS) is 12.0. The van der Waals surface area contributed by atoms with E-state index in [2.05, 4.69) is 0 Å². The maximum absolute atomic E-state index is 5.98. The van der Waals surface area contributed by atoms with E-state index < -0.39 is 6.69 Å². The van der Waals surface area contributed by atoms with E-state index in [1.54, 1.807) is 0 Å². The fourth-order valence-corrected chi connectivity index (χ4v) is 2.96. The van der Waals surface area contributed by atoms with Gasteiger partial charge in [-0.15, -0.1) is 22.2 Å². The zero-order valence-corrected chi connectivity index (χ0v) is 11.0. The van der Waals surface area contributed by atoms with Crippen molar-refractivity contribution < 1.29 is 0 Å². The highest BCUT2D eigenvalue weighted by Gasteiger charge is 2.19. The van der Waals surface area contributed by atoms with Crippen LogP contribution in [0.15, 0.2) is 0 Å². The molecular weight excluding hydrogens is 221 g/mol. The quantitative estimate of drug-likeness (QED) is 0.390. The molecule has 0 aliphatic carbocycles. The van der Waals surface area contributed by atoms with Crippen LogP contribution in [0.5, 0.6) is 0 Å². The molecule has 0 rings (SSSR count). The van der Waals surface area contributed by atoms with Crippen LogP contribution in [0.1, 0.15) is 38.5 Å². The van der Waals surface area contributed by atoms with Crippen LogP contribution in [0.25, 0.3) is 0 Å². The molecule has 0 aromatic rings. The van der Waals surface area contributed by atoms with Crippen LogP contribution in [0.2, 0.25) is 12.6 Å². The summed E-state index contributed by atoms with van der Waals surface area (Å²) in [6, 6.07) is 1.03. The smallest absolute Gasteiger partial charge is 0.248 e.